The van der Waals surface area contributed by atoms with Crippen molar-refractivity contribution in [2.75, 3.05) is 25.6 Å². The van der Waals surface area contributed by atoms with Crippen LogP contribution >= 0.6 is 15.9 Å². The maximum Gasteiger partial charge on any atom is 0.142 e. The quantitative estimate of drug-likeness (QED) is 0.922. The Balaban J connectivity index is 1.98. The monoisotopic (exact) mass is 285 g/mol. The van der Waals surface area contributed by atoms with Gasteiger partial charge in [-0.3, -0.25) is 0 Å². The van der Waals surface area contributed by atoms with Gasteiger partial charge < -0.3 is 14.8 Å². The van der Waals surface area contributed by atoms with E-state index in [2.05, 4.69) is 21.2 Å². The Bertz CT molecular complexity index is 351. The topological polar surface area (TPSA) is 30.5 Å². The van der Waals surface area contributed by atoms with Crippen molar-refractivity contribution in [1.82, 2.24) is 0 Å². The zero-order valence-electron chi connectivity index (χ0n) is 9.33. The molecule has 16 heavy (non-hydrogen) atoms. The molecule has 3 nitrogen and oxygen atoms in total. The van der Waals surface area contributed by atoms with Gasteiger partial charge in [0.25, 0.3) is 0 Å². The van der Waals surface area contributed by atoms with Crippen molar-refractivity contribution >= 4 is 21.6 Å². The van der Waals surface area contributed by atoms with E-state index in [0.717, 1.165) is 35.5 Å². The predicted octanol–water partition coefficient (Wildman–Crippen LogP) is 3.05. The molecule has 1 aliphatic heterocycles. The lowest BCUT2D eigenvalue weighted by molar-refractivity contribution is 0.120. The Morgan fingerprint density at radius 2 is 2.44 bits per heavy atom. The molecule has 1 heterocycles. The summed E-state index contributed by atoms with van der Waals surface area (Å²) in [5.74, 6) is 0.862. The van der Waals surface area contributed by atoms with Crippen LogP contribution in [0.2, 0.25) is 0 Å². The third-order valence-electron chi connectivity index (χ3n) is 2.71. The molecular formula is C12H16BrNO2. The minimum atomic E-state index is 0.337. The van der Waals surface area contributed by atoms with E-state index >= 15 is 0 Å². The highest BCUT2D eigenvalue weighted by atomic mass is 79.9. The molecule has 1 aromatic carbocycles. The van der Waals surface area contributed by atoms with E-state index in [1.54, 1.807) is 7.11 Å². The molecule has 1 fully saturated rings. The highest BCUT2D eigenvalue weighted by Crippen LogP contribution is 2.28. The third-order valence-corrected chi connectivity index (χ3v) is 3.20. The van der Waals surface area contributed by atoms with E-state index < -0.39 is 0 Å². The van der Waals surface area contributed by atoms with Crippen LogP contribution in [0.15, 0.2) is 22.7 Å². The SMILES string of the molecule is COc1ccc(Br)cc1NCC1CCCO1. The van der Waals surface area contributed by atoms with Crippen molar-refractivity contribution in [3.63, 3.8) is 0 Å². The van der Waals surface area contributed by atoms with Gasteiger partial charge >= 0.3 is 0 Å². The fourth-order valence-electron chi connectivity index (χ4n) is 1.85. The predicted molar refractivity (Wildman–Crippen MR) is 68.2 cm³/mol. The highest BCUT2D eigenvalue weighted by Gasteiger charge is 2.15. The number of nitrogens with one attached hydrogen (secondary N) is 1. The molecule has 1 N–H and O–H groups in total. The van der Waals surface area contributed by atoms with Crippen molar-refractivity contribution in [3.05, 3.63) is 22.7 Å². The Hall–Kier alpha value is -0.740. The van der Waals surface area contributed by atoms with Gasteiger partial charge in [-0.25, -0.2) is 0 Å². The number of benzene rings is 1. The average Bonchev–Trinajstić information content (AvgIpc) is 2.79. The van der Waals surface area contributed by atoms with E-state index in [0.29, 0.717) is 6.10 Å². The second-order valence-electron chi connectivity index (χ2n) is 3.86. The zero-order valence-corrected chi connectivity index (χ0v) is 10.9. The summed E-state index contributed by atoms with van der Waals surface area (Å²) in [6, 6.07) is 5.94. The van der Waals surface area contributed by atoms with Crippen LogP contribution in [0.25, 0.3) is 0 Å². The summed E-state index contributed by atoms with van der Waals surface area (Å²) in [5.41, 5.74) is 1.01. The summed E-state index contributed by atoms with van der Waals surface area (Å²) >= 11 is 3.45. The summed E-state index contributed by atoms with van der Waals surface area (Å²) in [6.45, 7) is 1.73. The number of anilines is 1. The standard InChI is InChI=1S/C12H16BrNO2/c1-15-12-5-4-9(13)7-11(12)14-8-10-3-2-6-16-10/h4-5,7,10,14H,2-3,6,8H2,1H3. The molecule has 0 radical (unpaired) electrons. The molecule has 1 unspecified atom stereocenters. The van der Waals surface area contributed by atoms with Gasteiger partial charge in [-0.2, -0.15) is 0 Å². The number of methoxy groups -OCH3 is 1. The lowest BCUT2D eigenvalue weighted by Gasteiger charge is -2.14. The average molecular weight is 286 g/mol. The van der Waals surface area contributed by atoms with Gasteiger partial charge in [-0.05, 0) is 31.0 Å². The number of rotatable bonds is 4. The molecule has 1 saturated heterocycles. The van der Waals surface area contributed by atoms with E-state index in [1.807, 2.05) is 18.2 Å². The number of hydrogen-bond acceptors (Lipinski definition) is 3. The van der Waals surface area contributed by atoms with E-state index in [4.69, 9.17) is 9.47 Å². The third kappa shape index (κ3) is 2.89. The first-order valence-electron chi connectivity index (χ1n) is 5.48. The Labute approximate surface area is 104 Å². The summed E-state index contributed by atoms with van der Waals surface area (Å²) in [5, 5.41) is 3.37. The highest BCUT2D eigenvalue weighted by molar-refractivity contribution is 9.10. The van der Waals surface area contributed by atoms with E-state index in [1.165, 1.54) is 6.42 Å². The normalized spacial score (nSPS) is 19.8. The molecule has 1 aromatic rings. The first-order chi connectivity index (χ1) is 7.79. The van der Waals surface area contributed by atoms with Gasteiger partial charge in [-0.1, -0.05) is 15.9 Å². The van der Waals surface area contributed by atoms with Crippen LogP contribution in [0.1, 0.15) is 12.8 Å². The largest absolute Gasteiger partial charge is 0.495 e. The number of ether oxygens (including phenoxy) is 2. The zero-order chi connectivity index (χ0) is 11.4. The van der Waals surface area contributed by atoms with Gasteiger partial charge in [-0.15, -0.1) is 0 Å². The molecule has 0 aromatic heterocycles. The molecule has 4 heteroatoms. The van der Waals surface area contributed by atoms with Crippen molar-refractivity contribution in [2.24, 2.45) is 0 Å². The fourth-order valence-corrected chi connectivity index (χ4v) is 2.21. The molecule has 1 aliphatic rings. The van der Waals surface area contributed by atoms with Crippen LogP contribution in [0.5, 0.6) is 5.75 Å². The lowest BCUT2D eigenvalue weighted by atomic mass is 10.2. The van der Waals surface area contributed by atoms with Crippen LogP contribution in [-0.2, 0) is 4.74 Å². The first-order valence-corrected chi connectivity index (χ1v) is 6.28. The molecule has 1 atom stereocenters. The van der Waals surface area contributed by atoms with Gasteiger partial charge in [0.2, 0.25) is 0 Å². The van der Waals surface area contributed by atoms with Crippen LogP contribution in [0.4, 0.5) is 5.69 Å². The minimum absolute atomic E-state index is 0.337. The molecule has 0 saturated carbocycles. The summed E-state index contributed by atoms with van der Waals surface area (Å²) < 4.78 is 11.9. The number of hydrogen-bond donors (Lipinski definition) is 1. The van der Waals surface area contributed by atoms with Crippen molar-refractivity contribution in [2.45, 2.75) is 18.9 Å². The lowest BCUT2D eigenvalue weighted by Crippen LogP contribution is -2.18. The fraction of sp³-hybridized carbons (Fsp3) is 0.500. The molecular weight excluding hydrogens is 270 g/mol. The smallest absolute Gasteiger partial charge is 0.142 e. The van der Waals surface area contributed by atoms with Gasteiger partial charge in [0, 0.05) is 17.6 Å². The summed E-state index contributed by atoms with van der Waals surface area (Å²) in [6.07, 6.45) is 2.65. The number of halogens is 1. The second-order valence-corrected chi connectivity index (χ2v) is 4.78. The van der Waals surface area contributed by atoms with Crippen LogP contribution < -0.4 is 10.1 Å². The molecule has 88 valence electrons. The maximum absolute atomic E-state index is 5.56. The van der Waals surface area contributed by atoms with Crippen molar-refractivity contribution in [3.8, 4) is 5.75 Å². The van der Waals surface area contributed by atoms with Crippen molar-refractivity contribution in [1.29, 1.82) is 0 Å². The summed E-state index contributed by atoms with van der Waals surface area (Å²) in [4.78, 5) is 0. The van der Waals surface area contributed by atoms with Gasteiger partial charge in [0.15, 0.2) is 0 Å². The first kappa shape index (κ1) is 11.7. The van der Waals surface area contributed by atoms with Crippen LogP contribution in [0, 0.1) is 0 Å². The van der Waals surface area contributed by atoms with E-state index in [-0.39, 0.29) is 0 Å². The Morgan fingerprint density at radius 1 is 1.56 bits per heavy atom. The molecule has 0 bridgehead atoms. The molecule has 0 aliphatic carbocycles. The van der Waals surface area contributed by atoms with Crippen LogP contribution in [0.3, 0.4) is 0 Å². The second kappa shape index (κ2) is 5.55. The Kier molecular flexibility index (Phi) is 4.07. The summed E-state index contributed by atoms with van der Waals surface area (Å²) in [7, 11) is 1.68. The van der Waals surface area contributed by atoms with E-state index in [9.17, 15) is 0 Å². The Morgan fingerprint density at radius 3 is 3.12 bits per heavy atom. The van der Waals surface area contributed by atoms with Crippen LogP contribution in [-0.4, -0.2) is 26.4 Å². The molecule has 2 rings (SSSR count). The van der Waals surface area contributed by atoms with Gasteiger partial charge in [0.05, 0.1) is 18.9 Å². The van der Waals surface area contributed by atoms with Crippen molar-refractivity contribution < 1.29 is 9.47 Å². The maximum atomic E-state index is 5.56. The van der Waals surface area contributed by atoms with Gasteiger partial charge in [0.1, 0.15) is 5.75 Å². The minimum Gasteiger partial charge on any atom is -0.495 e. The molecule has 0 amide bonds. The molecule has 0 spiro atoms.